The Morgan fingerprint density at radius 3 is 2.74 bits per heavy atom. The number of unbranched alkanes of at least 4 members (excludes halogenated alkanes) is 1. The Balaban J connectivity index is 1.64. The van der Waals surface area contributed by atoms with Crippen molar-refractivity contribution in [3.63, 3.8) is 0 Å². The topological polar surface area (TPSA) is 55.8 Å². The Hall–Kier alpha value is -1.88. The van der Waals surface area contributed by atoms with E-state index in [9.17, 15) is 9.59 Å². The number of cyclic esters (lactones) is 1. The van der Waals surface area contributed by atoms with Crippen LogP contribution >= 0.6 is 0 Å². The normalized spacial score (nSPS) is 17.6. The SMILES string of the molecule is CC(C)C1COC(=O)N1C(=O)CCCCOCc1ccccc1. The molecule has 2 amide bonds. The van der Waals surface area contributed by atoms with E-state index in [-0.39, 0.29) is 17.9 Å². The molecule has 1 aliphatic heterocycles. The molecule has 2 rings (SSSR count). The fourth-order valence-corrected chi connectivity index (χ4v) is 2.58. The molecule has 0 aromatic heterocycles. The monoisotopic (exact) mass is 319 g/mol. The van der Waals surface area contributed by atoms with Gasteiger partial charge < -0.3 is 9.47 Å². The number of hydrogen-bond acceptors (Lipinski definition) is 4. The van der Waals surface area contributed by atoms with E-state index in [0.29, 0.717) is 32.7 Å². The van der Waals surface area contributed by atoms with Crippen LogP contribution in [-0.4, -0.2) is 36.2 Å². The minimum atomic E-state index is -0.506. The minimum Gasteiger partial charge on any atom is -0.447 e. The molecule has 0 radical (unpaired) electrons. The van der Waals surface area contributed by atoms with Crippen molar-refractivity contribution in [1.29, 1.82) is 0 Å². The average molecular weight is 319 g/mol. The Bertz CT molecular complexity index is 515. The number of benzene rings is 1. The molecule has 1 aliphatic rings. The van der Waals surface area contributed by atoms with E-state index in [1.807, 2.05) is 44.2 Å². The second-order valence-corrected chi connectivity index (χ2v) is 6.15. The van der Waals surface area contributed by atoms with Crippen molar-refractivity contribution in [3.8, 4) is 0 Å². The minimum absolute atomic E-state index is 0.135. The van der Waals surface area contributed by atoms with E-state index >= 15 is 0 Å². The third-order valence-corrected chi connectivity index (χ3v) is 3.99. The molecule has 1 unspecified atom stereocenters. The Kier molecular flexibility index (Phi) is 6.59. The second kappa shape index (κ2) is 8.67. The summed E-state index contributed by atoms with van der Waals surface area (Å²) >= 11 is 0. The molecule has 0 spiro atoms. The van der Waals surface area contributed by atoms with Gasteiger partial charge >= 0.3 is 6.09 Å². The molecular weight excluding hydrogens is 294 g/mol. The van der Waals surface area contributed by atoms with Gasteiger partial charge in [-0.2, -0.15) is 0 Å². The highest BCUT2D eigenvalue weighted by Crippen LogP contribution is 2.21. The molecule has 0 N–H and O–H groups in total. The van der Waals surface area contributed by atoms with Crippen molar-refractivity contribution in [2.75, 3.05) is 13.2 Å². The lowest BCUT2D eigenvalue weighted by atomic mass is 10.0. The van der Waals surface area contributed by atoms with Crippen LogP contribution in [0.4, 0.5) is 4.79 Å². The van der Waals surface area contributed by atoms with Gasteiger partial charge in [0.1, 0.15) is 6.61 Å². The van der Waals surface area contributed by atoms with Crippen LogP contribution in [0.2, 0.25) is 0 Å². The first kappa shape index (κ1) is 17.5. The number of imide groups is 1. The Labute approximate surface area is 137 Å². The van der Waals surface area contributed by atoms with Crippen molar-refractivity contribution in [1.82, 2.24) is 4.90 Å². The molecular formula is C18H25NO4. The van der Waals surface area contributed by atoms with Crippen LogP contribution in [0, 0.1) is 5.92 Å². The number of amides is 2. The Morgan fingerprint density at radius 1 is 1.30 bits per heavy atom. The number of rotatable bonds is 8. The van der Waals surface area contributed by atoms with Gasteiger partial charge in [-0.05, 0) is 24.3 Å². The molecule has 1 heterocycles. The number of carbonyl (C=O) groups excluding carboxylic acids is 2. The zero-order chi connectivity index (χ0) is 16.7. The van der Waals surface area contributed by atoms with Gasteiger partial charge in [0.25, 0.3) is 0 Å². The third-order valence-electron chi connectivity index (χ3n) is 3.99. The van der Waals surface area contributed by atoms with Gasteiger partial charge in [-0.3, -0.25) is 4.79 Å². The maximum absolute atomic E-state index is 12.2. The number of carbonyl (C=O) groups is 2. The summed E-state index contributed by atoms with van der Waals surface area (Å²) in [5.41, 5.74) is 1.14. The molecule has 5 nitrogen and oxygen atoms in total. The van der Waals surface area contributed by atoms with Gasteiger partial charge in [-0.25, -0.2) is 9.69 Å². The predicted molar refractivity (Wildman–Crippen MR) is 86.8 cm³/mol. The van der Waals surface area contributed by atoms with Gasteiger partial charge in [0.05, 0.1) is 12.6 Å². The predicted octanol–water partition coefficient (Wildman–Crippen LogP) is 3.38. The van der Waals surface area contributed by atoms with E-state index in [0.717, 1.165) is 12.0 Å². The molecule has 126 valence electrons. The largest absolute Gasteiger partial charge is 0.447 e. The fourth-order valence-electron chi connectivity index (χ4n) is 2.58. The molecule has 23 heavy (non-hydrogen) atoms. The summed E-state index contributed by atoms with van der Waals surface area (Å²) in [5, 5.41) is 0. The molecule has 1 aromatic rings. The lowest BCUT2D eigenvalue weighted by molar-refractivity contribution is -0.129. The second-order valence-electron chi connectivity index (χ2n) is 6.15. The summed E-state index contributed by atoms with van der Waals surface area (Å²) in [7, 11) is 0. The zero-order valence-electron chi connectivity index (χ0n) is 13.9. The summed E-state index contributed by atoms with van der Waals surface area (Å²) in [5.74, 6) is 0.0638. The van der Waals surface area contributed by atoms with Crippen molar-refractivity contribution < 1.29 is 19.1 Å². The first-order valence-corrected chi connectivity index (χ1v) is 8.20. The first-order chi connectivity index (χ1) is 11.1. The van der Waals surface area contributed by atoms with Crippen molar-refractivity contribution in [2.45, 2.75) is 45.8 Å². The quantitative estimate of drug-likeness (QED) is 0.689. The van der Waals surface area contributed by atoms with Crippen LogP contribution in [0.25, 0.3) is 0 Å². The highest BCUT2D eigenvalue weighted by atomic mass is 16.6. The summed E-state index contributed by atoms with van der Waals surface area (Å²) in [4.78, 5) is 25.2. The van der Waals surface area contributed by atoms with Crippen LogP contribution in [0.15, 0.2) is 30.3 Å². The number of nitrogens with zero attached hydrogens (tertiary/aromatic N) is 1. The molecule has 0 aliphatic carbocycles. The number of hydrogen-bond donors (Lipinski definition) is 0. The first-order valence-electron chi connectivity index (χ1n) is 8.20. The highest BCUT2D eigenvalue weighted by molar-refractivity contribution is 5.93. The summed E-state index contributed by atoms with van der Waals surface area (Å²) in [6, 6.07) is 9.85. The van der Waals surface area contributed by atoms with E-state index in [4.69, 9.17) is 9.47 Å². The smallest absolute Gasteiger partial charge is 0.416 e. The molecule has 1 saturated heterocycles. The third kappa shape index (κ3) is 5.06. The van der Waals surface area contributed by atoms with Gasteiger partial charge in [0, 0.05) is 13.0 Å². The highest BCUT2D eigenvalue weighted by Gasteiger charge is 2.38. The fraction of sp³-hybridized carbons (Fsp3) is 0.556. The van der Waals surface area contributed by atoms with Crippen LogP contribution < -0.4 is 0 Å². The maximum atomic E-state index is 12.2. The lowest BCUT2D eigenvalue weighted by Crippen LogP contribution is -2.41. The van der Waals surface area contributed by atoms with Crippen molar-refractivity contribution in [2.24, 2.45) is 5.92 Å². The van der Waals surface area contributed by atoms with Crippen LogP contribution in [0.1, 0.15) is 38.7 Å². The van der Waals surface area contributed by atoms with Crippen molar-refractivity contribution in [3.05, 3.63) is 35.9 Å². The Morgan fingerprint density at radius 2 is 2.04 bits per heavy atom. The molecule has 0 bridgehead atoms. The van der Waals surface area contributed by atoms with Crippen LogP contribution in [0.5, 0.6) is 0 Å². The van der Waals surface area contributed by atoms with Gasteiger partial charge in [0.2, 0.25) is 5.91 Å². The summed E-state index contributed by atoms with van der Waals surface area (Å²) in [6.07, 6.45) is 1.36. The molecule has 1 aromatic carbocycles. The average Bonchev–Trinajstić information content (AvgIpc) is 2.93. The van der Waals surface area contributed by atoms with Gasteiger partial charge in [0.15, 0.2) is 0 Å². The molecule has 5 heteroatoms. The summed E-state index contributed by atoms with van der Waals surface area (Å²) in [6.45, 7) is 5.49. The molecule has 1 atom stereocenters. The van der Waals surface area contributed by atoms with E-state index in [1.54, 1.807) is 0 Å². The van der Waals surface area contributed by atoms with E-state index < -0.39 is 6.09 Å². The van der Waals surface area contributed by atoms with Gasteiger partial charge in [-0.15, -0.1) is 0 Å². The van der Waals surface area contributed by atoms with Crippen LogP contribution in [-0.2, 0) is 20.9 Å². The summed E-state index contributed by atoms with van der Waals surface area (Å²) < 4.78 is 10.6. The lowest BCUT2D eigenvalue weighted by Gasteiger charge is -2.22. The van der Waals surface area contributed by atoms with Crippen molar-refractivity contribution >= 4 is 12.0 Å². The zero-order valence-corrected chi connectivity index (χ0v) is 13.9. The van der Waals surface area contributed by atoms with E-state index in [2.05, 4.69) is 0 Å². The van der Waals surface area contributed by atoms with Gasteiger partial charge in [-0.1, -0.05) is 44.2 Å². The van der Waals surface area contributed by atoms with Crippen LogP contribution in [0.3, 0.4) is 0 Å². The molecule has 0 saturated carbocycles. The standard InChI is InChI=1S/C18H25NO4/c1-14(2)16-13-23-18(21)19(16)17(20)10-6-7-11-22-12-15-8-4-3-5-9-15/h3-5,8-9,14,16H,6-7,10-13H2,1-2H3. The maximum Gasteiger partial charge on any atom is 0.416 e. The number of ether oxygens (including phenoxy) is 2. The van der Waals surface area contributed by atoms with E-state index in [1.165, 1.54) is 4.90 Å². The molecule has 1 fully saturated rings.